The average molecular weight is 404 g/mol. The fourth-order valence-electron chi connectivity index (χ4n) is 2.66. The van der Waals surface area contributed by atoms with Gasteiger partial charge in [0.2, 0.25) is 6.33 Å². The monoisotopic (exact) mass is 404 g/mol. The number of aromatic nitrogens is 2. The summed E-state index contributed by atoms with van der Waals surface area (Å²) in [5, 5.41) is 0. The van der Waals surface area contributed by atoms with Gasteiger partial charge in [-0.2, -0.15) is 0 Å². The van der Waals surface area contributed by atoms with E-state index in [2.05, 4.69) is 53.6 Å². The summed E-state index contributed by atoms with van der Waals surface area (Å²) < 4.78 is 64.0. The molecular formula is C17H27F6N2P. The first-order chi connectivity index (χ1) is 11.8. The number of unbranched alkanes of at least 4 members (excludes halogenated alkanes) is 4. The van der Waals surface area contributed by atoms with Crippen molar-refractivity contribution in [3.63, 3.8) is 0 Å². The Bertz CT molecular complexity index is 639. The molecule has 1 heterocycles. The Morgan fingerprint density at radius 3 is 1.96 bits per heavy atom. The van der Waals surface area contributed by atoms with Crippen molar-refractivity contribution in [2.45, 2.75) is 65.5 Å². The van der Waals surface area contributed by atoms with Crippen LogP contribution in [-0.4, -0.2) is 4.57 Å². The topological polar surface area (TPSA) is 8.81 Å². The molecule has 0 aliphatic rings. The molecule has 152 valence electrons. The number of halogens is 6. The molecule has 0 radical (unpaired) electrons. The minimum atomic E-state index is -10.7. The molecule has 0 fully saturated rings. The van der Waals surface area contributed by atoms with Gasteiger partial charge in [-0.15, -0.1) is 0 Å². The minimum absolute atomic E-state index is 1.15. The van der Waals surface area contributed by atoms with E-state index in [-0.39, 0.29) is 0 Å². The second kappa shape index (κ2) is 8.15. The molecule has 0 saturated carbocycles. The third-order valence-corrected chi connectivity index (χ3v) is 3.78. The van der Waals surface area contributed by atoms with E-state index in [1.54, 1.807) is 0 Å². The second-order valence-corrected chi connectivity index (χ2v) is 8.28. The van der Waals surface area contributed by atoms with Crippen LogP contribution in [0.5, 0.6) is 0 Å². The van der Waals surface area contributed by atoms with E-state index in [1.807, 2.05) is 0 Å². The van der Waals surface area contributed by atoms with Crippen molar-refractivity contribution < 1.29 is 29.7 Å². The first-order valence-corrected chi connectivity index (χ1v) is 10.9. The van der Waals surface area contributed by atoms with Gasteiger partial charge in [-0.05, 0) is 37.8 Å². The van der Waals surface area contributed by atoms with E-state index >= 15 is 0 Å². The van der Waals surface area contributed by atoms with Gasteiger partial charge in [0.05, 0.1) is 13.1 Å². The maximum atomic E-state index is 9.87. The van der Waals surface area contributed by atoms with Crippen molar-refractivity contribution in [2.24, 2.45) is 0 Å². The Hall–Kier alpha value is -1.30. The molecular weight excluding hydrogens is 377 g/mol. The van der Waals surface area contributed by atoms with Crippen molar-refractivity contribution in [1.29, 1.82) is 0 Å². The standard InChI is InChI=1S/C17H27N2.F6P/c1-3-5-9-13-18-15-19(14-10-6-4-2)17-12-8-7-11-16(17)18;1-7(2,3,4,5)6/h7-8,11-12,15H,3-6,9-10,13-14H2,1-2H3;/q+1;-1. The van der Waals surface area contributed by atoms with Crippen LogP contribution < -0.4 is 4.57 Å². The van der Waals surface area contributed by atoms with E-state index in [4.69, 9.17) is 0 Å². The Labute approximate surface area is 150 Å². The molecule has 0 aliphatic carbocycles. The molecule has 2 nitrogen and oxygen atoms in total. The molecule has 0 N–H and O–H groups in total. The van der Waals surface area contributed by atoms with Crippen LogP contribution in [0.2, 0.25) is 0 Å². The van der Waals surface area contributed by atoms with E-state index in [9.17, 15) is 25.2 Å². The zero-order valence-electron chi connectivity index (χ0n) is 15.2. The number of hydrogen-bond donors (Lipinski definition) is 0. The summed E-state index contributed by atoms with van der Waals surface area (Å²) in [7, 11) is -10.7. The number of imidazole rings is 1. The van der Waals surface area contributed by atoms with Gasteiger partial charge < -0.3 is 0 Å². The molecule has 0 saturated heterocycles. The average Bonchev–Trinajstić information content (AvgIpc) is 2.84. The fourth-order valence-corrected chi connectivity index (χ4v) is 2.66. The Morgan fingerprint density at radius 2 is 1.38 bits per heavy atom. The van der Waals surface area contributed by atoms with Crippen molar-refractivity contribution >= 4 is 18.8 Å². The van der Waals surface area contributed by atoms with Crippen LogP contribution >= 0.6 is 7.81 Å². The molecule has 0 atom stereocenters. The number of fused-ring (bicyclic) bond motifs is 1. The van der Waals surface area contributed by atoms with Gasteiger partial charge in [-0.1, -0.05) is 38.8 Å². The van der Waals surface area contributed by atoms with Gasteiger partial charge in [0.15, 0.2) is 11.0 Å². The van der Waals surface area contributed by atoms with Crippen LogP contribution in [-0.2, 0) is 13.1 Å². The van der Waals surface area contributed by atoms with E-state index in [0.717, 1.165) is 13.1 Å². The Morgan fingerprint density at radius 1 is 0.846 bits per heavy atom. The van der Waals surface area contributed by atoms with E-state index in [1.165, 1.54) is 49.6 Å². The normalized spacial score (nSPS) is 14.5. The molecule has 0 spiro atoms. The van der Waals surface area contributed by atoms with Crippen molar-refractivity contribution in [3.05, 3.63) is 30.6 Å². The molecule has 0 bridgehead atoms. The molecule has 2 rings (SSSR count). The van der Waals surface area contributed by atoms with Crippen molar-refractivity contribution in [2.75, 3.05) is 0 Å². The predicted molar refractivity (Wildman–Crippen MR) is 94.8 cm³/mol. The van der Waals surface area contributed by atoms with Crippen LogP contribution in [0.3, 0.4) is 0 Å². The SMILES string of the molecule is CCCCCn1c[n+](CCCCC)c2ccccc21.F[P-](F)(F)(F)(F)F. The first kappa shape index (κ1) is 22.7. The number of nitrogens with zero attached hydrogens (tertiary/aromatic N) is 2. The number of hydrogen-bond acceptors (Lipinski definition) is 0. The summed E-state index contributed by atoms with van der Waals surface area (Å²) in [6, 6.07) is 8.79. The van der Waals surface area contributed by atoms with Crippen molar-refractivity contribution in [3.8, 4) is 0 Å². The van der Waals surface area contributed by atoms with Crippen molar-refractivity contribution in [1.82, 2.24) is 4.57 Å². The van der Waals surface area contributed by atoms with E-state index < -0.39 is 7.81 Å². The van der Waals surface area contributed by atoms with Crippen LogP contribution in [0.25, 0.3) is 11.0 Å². The van der Waals surface area contributed by atoms with Crippen LogP contribution in [0, 0.1) is 0 Å². The summed E-state index contributed by atoms with van der Waals surface area (Å²) in [6.07, 6.45) is 10.1. The van der Waals surface area contributed by atoms with Gasteiger partial charge in [-0.25, -0.2) is 9.13 Å². The zero-order valence-corrected chi connectivity index (χ0v) is 16.0. The summed E-state index contributed by atoms with van der Waals surface area (Å²) in [6.45, 7) is 6.82. The van der Waals surface area contributed by atoms with Crippen LogP contribution in [0.4, 0.5) is 25.2 Å². The first-order valence-electron chi connectivity index (χ1n) is 8.85. The van der Waals surface area contributed by atoms with Crippen LogP contribution in [0.1, 0.15) is 52.4 Å². The number of rotatable bonds is 8. The molecule has 0 amide bonds. The number of aryl methyl sites for hydroxylation is 2. The van der Waals surface area contributed by atoms with Gasteiger partial charge in [0, 0.05) is 0 Å². The quantitative estimate of drug-likeness (QED) is 0.185. The molecule has 0 aliphatic heterocycles. The Kier molecular flexibility index (Phi) is 7.13. The van der Waals surface area contributed by atoms with Crippen LogP contribution in [0.15, 0.2) is 30.6 Å². The summed E-state index contributed by atoms with van der Waals surface area (Å²) in [5.74, 6) is 0. The Balaban J connectivity index is 0.000000412. The summed E-state index contributed by atoms with van der Waals surface area (Å²) in [5.41, 5.74) is 2.77. The third kappa shape index (κ3) is 10.6. The molecule has 1 aromatic carbocycles. The van der Waals surface area contributed by atoms with Gasteiger partial charge in [-0.3, -0.25) is 0 Å². The van der Waals surface area contributed by atoms with Gasteiger partial charge in [0.1, 0.15) is 0 Å². The van der Waals surface area contributed by atoms with Gasteiger partial charge >= 0.3 is 33.0 Å². The number of para-hydroxylation sites is 2. The fraction of sp³-hybridized carbons (Fsp3) is 0.588. The molecule has 2 aromatic rings. The predicted octanol–water partition coefficient (Wildman–Crippen LogP) is 7.69. The second-order valence-electron chi connectivity index (χ2n) is 6.36. The number of benzene rings is 1. The zero-order chi connectivity index (χ0) is 19.9. The van der Waals surface area contributed by atoms with Gasteiger partial charge in [0.25, 0.3) is 0 Å². The third-order valence-electron chi connectivity index (χ3n) is 3.78. The van der Waals surface area contributed by atoms with E-state index in [0.29, 0.717) is 0 Å². The molecule has 26 heavy (non-hydrogen) atoms. The molecule has 1 aromatic heterocycles. The molecule has 0 unspecified atom stereocenters. The summed E-state index contributed by atoms with van der Waals surface area (Å²) >= 11 is 0. The molecule has 9 heteroatoms. The summed E-state index contributed by atoms with van der Waals surface area (Å²) in [4.78, 5) is 0. The maximum absolute atomic E-state index is 10.7.